The summed E-state index contributed by atoms with van der Waals surface area (Å²) in [7, 11) is 0. The molecule has 0 aliphatic carbocycles. The van der Waals surface area contributed by atoms with E-state index in [1.165, 1.54) is 4.68 Å². The first-order valence-corrected chi connectivity index (χ1v) is 5.57. The van der Waals surface area contributed by atoms with Gasteiger partial charge in [-0.05, 0) is 20.8 Å². The minimum Gasteiger partial charge on any atom is -0.463 e. The van der Waals surface area contributed by atoms with Crippen LogP contribution >= 0.6 is 0 Å². The van der Waals surface area contributed by atoms with Crippen molar-refractivity contribution < 1.29 is 4.42 Å². The molecule has 0 aliphatic rings. The summed E-state index contributed by atoms with van der Waals surface area (Å²) in [6.07, 6.45) is 1.62. The lowest BCUT2D eigenvalue weighted by Crippen LogP contribution is -2.27. The minimum atomic E-state index is -0.0861. The fourth-order valence-electron chi connectivity index (χ4n) is 2.14. The van der Waals surface area contributed by atoms with Crippen LogP contribution in [0.5, 0.6) is 0 Å². The predicted molar refractivity (Wildman–Crippen MR) is 64.3 cm³/mol. The third-order valence-corrected chi connectivity index (χ3v) is 2.92. The average molecular weight is 231 g/mol. The van der Waals surface area contributed by atoms with E-state index in [0.29, 0.717) is 11.1 Å². The third-order valence-electron chi connectivity index (χ3n) is 2.92. The van der Waals surface area contributed by atoms with E-state index < -0.39 is 0 Å². The molecule has 3 aromatic rings. The van der Waals surface area contributed by atoms with Gasteiger partial charge < -0.3 is 4.42 Å². The number of rotatable bonds is 1. The highest BCUT2D eigenvalue weighted by Gasteiger charge is 2.14. The van der Waals surface area contributed by atoms with E-state index in [-0.39, 0.29) is 11.6 Å². The Hall–Kier alpha value is -2.04. The van der Waals surface area contributed by atoms with Crippen LogP contribution < -0.4 is 5.56 Å². The molecular weight excluding hydrogens is 218 g/mol. The third kappa shape index (κ3) is 1.25. The molecular formula is C12H13N3O2. The van der Waals surface area contributed by atoms with E-state index in [9.17, 15) is 4.79 Å². The molecule has 88 valence electrons. The van der Waals surface area contributed by atoms with E-state index >= 15 is 0 Å². The van der Waals surface area contributed by atoms with Gasteiger partial charge in [-0.2, -0.15) is 5.10 Å². The lowest BCUT2D eigenvalue weighted by atomic mass is 10.4. The second kappa shape index (κ2) is 3.23. The van der Waals surface area contributed by atoms with Crippen LogP contribution in [-0.2, 0) is 0 Å². The largest absolute Gasteiger partial charge is 0.463 e. The summed E-state index contributed by atoms with van der Waals surface area (Å²) in [5.41, 5.74) is 2.13. The smallest absolute Gasteiger partial charge is 0.291 e. The Kier molecular flexibility index (Phi) is 1.92. The Morgan fingerprint density at radius 3 is 2.82 bits per heavy atom. The van der Waals surface area contributed by atoms with Crippen LogP contribution in [0.1, 0.15) is 25.7 Å². The second-order valence-electron chi connectivity index (χ2n) is 4.43. The molecule has 0 aromatic carbocycles. The van der Waals surface area contributed by atoms with Crippen molar-refractivity contribution >= 4 is 16.6 Å². The first-order chi connectivity index (χ1) is 8.09. The standard InChI is InChI=1S/C12H13N3O2/c1-7(2)15-12(16)10-6-11-9(4-5-17-11)14(10)8(3)13-15/h4-7H,1-3H3. The number of nitrogens with zero attached hydrogens (tertiary/aromatic N) is 3. The Bertz CT molecular complexity index is 761. The fraction of sp³-hybridized carbons (Fsp3) is 0.333. The molecule has 0 spiro atoms. The van der Waals surface area contributed by atoms with Crippen molar-refractivity contribution in [3.8, 4) is 0 Å². The topological polar surface area (TPSA) is 52.4 Å². The maximum Gasteiger partial charge on any atom is 0.291 e. The van der Waals surface area contributed by atoms with Crippen molar-refractivity contribution in [1.29, 1.82) is 0 Å². The van der Waals surface area contributed by atoms with Crippen LogP contribution in [0.25, 0.3) is 16.6 Å². The number of furan rings is 1. The molecule has 0 N–H and O–H groups in total. The Morgan fingerprint density at radius 2 is 2.12 bits per heavy atom. The zero-order chi connectivity index (χ0) is 12.2. The van der Waals surface area contributed by atoms with Crippen molar-refractivity contribution in [2.75, 3.05) is 0 Å². The molecule has 0 radical (unpaired) electrons. The zero-order valence-electron chi connectivity index (χ0n) is 9.97. The molecule has 0 atom stereocenters. The summed E-state index contributed by atoms with van der Waals surface area (Å²) in [6, 6.07) is 3.66. The molecule has 5 heteroatoms. The van der Waals surface area contributed by atoms with Gasteiger partial charge in [-0.1, -0.05) is 0 Å². The molecule has 0 amide bonds. The van der Waals surface area contributed by atoms with Crippen LogP contribution in [0, 0.1) is 6.92 Å². The van der Waals surface area contributed by atoms with Crippen molar-refractivity contribution in [3.05, 3.63) is 34.6 Å². The molecule has 0 saturated carbocycles. The second-order valence-corrected chi connectivity index (χ2v) is 4.43. The fourth-order valence-corrected chi connectivity index (χ4v) is 2.14. The lowest BCUT2D eigenvalue weighted by molar-refractivity contribution is 0.492. The summed E-state index contributed by atoms with van der Waals surface area (Å²) in [5.74, 6) is 0.782. The van der Waals surface area contributed by atoms with Crippen LogP contribution in [0.3, 0.4) is 0 Å². The summed E-state index contributed by atoms with van der Waals surface area (Å²) >= 11 is 0. The maximum atomic E-state index is 12.2. The van der Waals surface area contributed by atoms with Crippen LogP contribution in [0.2, 0.25) is 0 Å². The summed E-state index contributed by atoms with van der Waals surface area (Å²) in [5, 5.41) is 4.33. The molecule has 0 bridgehead atoms. The molecule has 5 nitrogen and oxygen atoms in total. The van der Waals surface area contributed by atoms with E-state index in [2.05, 4.69) is 5.10 Å². The summed E-state index contributed by atoms with van der Waals surface area (Å²) in [4.78, 5) is 12.2. The molecule has 0 fully saturated rings. The van der Waals surface area contributed by atoms with Crippen molar-refractivity contribution in [3.63, 3.8) is 0 Å². The van der Waals surface area contributed by atoms with Gasteiger partial charge in [-0.25, -0.2) is 4.68 Å². The van der Waals surface area contributed by atoms with Crippen molar-refractivity contribution in [2.24, 2.45) is 0 Å². The van der Waals surface area contributed by atoms with Gasteiger partial charge in [0.1, 0.15) is 11.3 Å². The van der Waals surface area contributed by atoms with Gasteiger partial charge in [-0.15, -0.1) is 0 Å². The van der Waals surface area contributed by atoms with Gasteiger partial charge in [0, 0.05) is 12.1 Å². The van der Waals surface area contributed by atoms with E-state index in [1.54, 1.807) is 12.3 Å². The molecule has 0 aliphatic heterocycles. The molecule has 3 aromatic heterocycles. The van der Waals surface area contributed by atoms with Gasteiger partial charge in [-0.3, -0.25) is 9.20 Å². The number of hydrogen-bond donors (Lipinski definition) is 0. The molecule has 17 heavy (non-hydrogen) atoms. The quantitative estimate of drug-likeness (QED) is 0.644. The van der Waals surface area contributed by atoms with Gasteiger partial charge >= 0.3 is 0 Å². The number of aromatic nitrogens is 3. The van der Waals surface area contributed by atoms with Gasteiger partial charge in [0.2, 0.25) is 0 Å². The monoisotopic (exact) mass is 231 g/mol. The highest BCUT2D eigenvalue weighted by Crippen LogP contribution is 2.20. The number of hydrogen-bond acceptors (Lipinski definition) is 3. The lowest BCUT2D eigenvalue weighted by Gasteiger charge is -2.10. The first-order valence-electron chi connectivity index (χ1n) is 5.57. The van der Waals surface area contributed by atoms with Crippen LogP contribution in [0.4, 0.5) is 0 Å². The van der Waals surface area contributed by atoms with Gasteiger partial charge in [0.15, 0.2) is 5.58 Å². The van der Waals surface area contributed by atoms with Gasteiger partial charge in [0.05, 0.1) is 17.8 Å². The van der Waals surface area contributed by atoms with Crippen LogP contribution in [-0.4, -0.2) is 14.2 Å². The molecule has 0 unspecified atom stereocenters. The molecule has 3 rings (SSSR count). The van der Waals surface area contributed by atoms with Crippen molar-refractivity contribution in [1.82, 2.24) is 14.2 Å². The van der Waals surface area contributed by atoms with E-state index in [1.807, 2.05) is 31.2 Å². The normalized spacial score (nSPS) is 12.0. The maximum absolute atomic E-state index is 12.2. The molecule has 0 saturated heterocycles. The summed E-state index contributed by atoms with van der Waals surface area (Å²) in [6.45, 7) is 5.77. The Balaban J connectivity index is 2.55. The highest BCUT2D eigenvalue weighted by atomic mass is 16.3. The molecule has 3 heterocycles. The van der Waals surface area contributed by atoms with E-state index in [0.717, 1.165) is 11.3 Å². The summed E-state index contributed by atoms with van der Waals surface area (Å²) < 4.78 is 8.65. The SMILES string of the molecule is Cc1nn(C(C)C)c(=O)c2cc3occc3n12. The van der Waals surface area contributed by atoms with E-state index in [4.69, 9.17) is 4.42 Å². The predicted octanol–water partition coefficient (Wildman–Crippen LogP) is 2.13. The average Bonchev–Trinajstić information content (AvgIpc) is 2.81. The zero-order valence-corrected chi connectivity index (χ0v) is 9.97. The van der Waals surface area contributed by atoms with Crippen LogP contribution in [0.15, 0.2) is 27.6 Å². The highest BCUT2D eigenvalue weighted by molar-refractivity contribution is 5.82. The Labute approximate surface area is 97.3 Å². The van der Waals surface area contributed by atoms with Crippen molar-refractivity contribution in [2.45, 2.75) is 26.8 Å². The minimum absolute atomic E-state index is 0.0485. The van der Waals surface area contributed by atoms with Gasteiger partial charge in [0.25, 0.3) is 5.56 Å². The Morgan fingerprint density at radius 1 is 1.35 bits per heavy atom. The number of fused-ring (bicyclic) bond motifs is 3. The first kappa shape index (κ1) is 10.1. The number of aryl methyl sites for hydroxylation is 1.